The molecule has 2 N–H and O–H groups in total. The van der Waals surface area contributed by atoms with Crippen LogP contribution in [0, 0.1) is 11.3 Å². The van der Waals surface area contributed by atoms with E-state index in [2.05, 4.69) is 50.6 Å². The number of anilines is 1. The van der Waals surface area contributed by atoms with E-state index < -0.39 is 5.97 Å². The highest BCUT2D eigenvalue weighted by molar-refractivity contribution is 6.06. The fourth-order valence-corrected chi connectivity index (χ4v) is 6.32. The third-order valence-electron chi connectivity index (χ3n) is 8.57. The zero-order chi connectivity index (χ0) is 24.5. The lowest BCUT2D eigenvalue weighted by atomic mass is 9.65. The Morgan fingerprint density at radius 3 is 2.69 bits per heavy atom. The second-order valence-electron chi connectivity index (χ2n) is 10.9. The molecule has 1 saturated heterocycles. The van der Waals surface area contributed by atoms with E-state index in [4.69, 9.17) is 15.1 Å². The van der Waals surface area contributed by atoms with Gasteiger partial charge in [-0.15, -0.1) is 0 Å². The number of nitrogens with one attached hydrogen (secondary N) is 1. The molecule has 0 aromatic carbocycles. The molecule has 36 heavy (non-hydrogen) atoms. The van der Waals surface area contributed by atoms with Gasteiger partial charge in [-0.1, -0.05) is 12.2 Å². The van der Waals surface area contributed by atoms with Crippen molar-refractivity contribution in [1.29, 1.82) is 0 Å². The van der Waals surface area contributed by atoms with E-state index in [9.17, 15) is 4.79 Å². The van der Waals surface area contributed by atoms with Gasteiger partial charge >= 0.3 is 5.97 Å². The molecule has 1 aromatic rings. The number of hydrogen-bond acceptors (Lipinski definition) is 7. The molecule has 2 fully saturated rings. The monoisotopic (exact) mass is 486 g/mol. The molecule has 0 amide bonds. The van der Waals surface area contributed by atoms with Crippen LogP contribution in [0.2, 0.25) is 0 Å². The molecule has 4 heterocycles. The van der Waals surface area contributed by atoms with Crippen molar-refractivity contribution in [1.82, 2.24) is 10.3 Å². The number of carbonyl (C=O) groups is 1. The van der Waals surface area contributed by atoms with Crippen molar-refractivity contribution in [2.75, 3.05) is 24.5 Å². The van der Waals surface area contributed by atoms with Gasteiger partial charge in [0.2, 0.25) is 0 Å². The summed E-state index contributed by atoms with van der Waals surface area (Å²) >= 11 is 0. The highest BCUT2D eigenvalue weighted by Gasteiger charge is 2.38. The molecule has 6 rings (SSSR count). The van der Waals surface area contributed by atoms with E-state index in [0.717, 1.165) is 67.5 Å². The number of carboxylic acids is 1. The number of pyridine rings is 1. The van der Waals surface area contributed by atoms with Gasteiger partial charge in [0, 0.05) is 56.0 Å². The van der Waals surface area contributed by atoms with Crippen LogP contribution in [-0.2, 0) is 4.79 Å². The van der Waals surface area contributed by atoms with Crippen LogP contribution in [0.1, 0.15) is 56.9 Å². The number of aliphatic carboxylic acids is 1. The number of rotatable bonds is 5. The van der Waals surface area contributed by atoms with Gasteiger partial charge in [-0.2, -0.15) is 0 Å². The SMILES string of the molecule is O=C(O)CC1CCC2(CC1)CCN(c1ccc(C3=NC4C=CC(C5=NCCC=N5)=CC4N3)cn1)CC2. The minimum atomic E-state index is -0.653. The summed E-state index contributed by atoms with van der Waals surface area (Å²) in [4.78, 5) is 32.1. The molecule has 1 aromatic heterocycles. The van der Waals surface area contributed by atoms with E-state index in [1.54, 1.807) is 0 Å². The van der Waals surface area contributed by atoms with Crippen molar-refractivity contribution < 1.29 is 9.90 Å². The first kappa shape index (κ1) is 23.1. The van der Waals surface area contributed by atoms with Crippen molar-refractivity contribution in [3.05, 3.63) is 47.7 Å². The van der Waals surface area contributed by atoms with E-state index in [-0.39, 0.29) is 12.1 Å². The summed E-state index contributed by atoms with van der Waals surface area (Å²) in [6, 6.07) is 4.44. The average Bonchev–Trinajstić information content (AvgIpc) is 3.35. The van der Waals surface area contributed by atoms with Gasteiger partial charge in [0.1, 0.15) is 11.7 Å². The standard InChI is InChI=1S/C28H34N6O2/c35-25(36)16-19-6-8-28(9-7-19)10-14-34(15-11-28)24-5-3-21(18-31-24)27-32-22-4-2-20(17-23(22)33-27)26-29-12-1-13-30-26/h2-5,12,17-19,22-23H,1,6-11,13-16H2,(H,32,33)(H,35,36). The highest BCUT2D eigenvalue weighted by Crippen LogP contribution is 2.47. The number of fused-ring (bicyclic) bond motifs is 1. The lowest BCUT2D eigenvalue weighted by molar-refractivity contribution is -0.138. The molecule has 2 unspecified atom stereocenters. The Balaban J connectivity index is 1.05. The molecule has 2 aliphatic carbocycles. The topological polar surface area (TPSA) is 103 Å². The summed E-state index contributed by atoms with van der Waals surface area (Å²) in [6.45, 7) is 2.84. The van der Waals surface area contributed by atoms with E-state index in [1.165, 1.54) is 25.7 Å². The molecule has 1 spiro atoms. The van der Waals surface area contributed by atoms with Gasteiger partial charge in [0.15, 0.2) is 5.84 Å². The minimum absolute atomic E-state index is 0.0838. The first-order valence-electron chi connectivity index (χ1n) is 13.3. The van der Waals surface area contributed by atoms with Gasteiger partial charge in [-0.05, 0) is 68.1 Å². The number of hydrogen-bond donors (Lipinski definition) is 2. The fraction of sp³-hybridized carbons (Fsp3) is 0.536. The number of aliphatic imine (C=N–C) groups is 3. The van der Waals surface area contributed by atoms with E-state index in [0.29, 0.717) is 17.8 Å². The lowest BCUT2D eigenvalue weighted by Gasteiger charge is -2.46. The molecule has 3 aliphatic heterocycles. The third-order valence-corrected chi connectivity index (χ3v) is 8.57. The maximum atomic E-state index is 11.0. The second-order valence-corrected chi connectivity index (χ2v) is 10.9. The van der Waals surface area contributed by atoms with Gasteiger partial charge in [0.05, 0.1) is 12.1 Å². The van der Waals surface area contributed by atoms with Crippen molar-refractivity contribution in [3.8, 4) is 0 Å². The number of nitrogens with zero attached hydrogens (tertiary/aromatic N) is 5. The first-order chi connectivity index (χ1) is 17.6. The van der Waals surface area contributed by atoms with Gasteiger partial charge < -0.3 is 15.3 Å². The molecule has 8 nitrogen and oxygen atoms in total. The molecule has 0 radical (unpaired) electrons. The van der Waals surface area contributed by atoms with Crippen molar-refractivity contribution in [2.45, 2.75) is 63.5 Å². The smallest absolute Gasteiger partial charge is 0.303 e. The van der Waals surface area contributed by atoms with Crippen LogP contribution in [0.5, 0.6) is 0 Å². The summed E-state index contributed by atoms with van der Waals surface area (Å²) in [5.74, 6) is 2.44. The molecule has 0 bridgehead atoms. The Morgan fingerprint density at radius 2 is 2.00 bits per heavy atom. The Bertz CT molecular complexity index is 1150. The van der Waals surface area contributed by atoms with Crippen LogP contribution in [0.15, 0.2) is 57.1 Å². The maximum Gasteiger partial charge on any atom is 0.303 e. The summed E-state index contributed by atoms with van der Waals surface area (Å²) < 4.78 is 0. The van der Waals surface area contributed by atoms with Gasteiger partial charge in [0.25, 0.3) is 0 Å². The van der Waals surface area contributed by atoms with Gasteiger partial charge in [-0.3, -0.25) is 14.8 Å². The fourth-order valence-electron chi connectivity index (χ4n) is 6.32. The number of aromatic nitrogens is 1. The molecule has 2 atom stereocenters. The predicted octanol–water partition coefficient (Wildman–Crippen LogP) is 3.79. The number of piperidine rings is 1. The van der Waals surface area contributed by atoms with Crippen molar-refractivity contribution >= 4 is 29.7 Å². The first-order valence-corrected chi connectivity index (χ1v) is 13.3. The van der Waals surface area contributed by atoms with Crippen LogP contribution in [0.3, 0.4) is 0 Å². The van der Waals surface area contributed by atoms with Crippen LogP contribution >= 0.6 is 0 Å². The zero-order valence-corrected chi connectivity index (χ0v) is 20.6. The minimum Gasteiger partial charge on any atom is -0.481 e. The Hall–Kier alpha value is -3.29. The molecule has 8 heteroatoms. The molecular formula is C28H34N6O2. The van der Waals surface area contributed by atoms with Crippen LogP contribution in [-0.4, -0.2) is 65.7 Å². The summed E-state index contributed by atoms with van der Waals surface area (Å²) in [5.41, 5.74) is 2.47. The summed E-state index contributed by atoms with van der Waals surface area (Å²) in [6.07, 6.45) is 18.3. The normalized spacial score (nSPS) is 27.2. The van der Waals surface area contributed by atoms with Crippen LogP contribution < -0.4 is 10.2 Å². The molecule has 188 valence electrons. The Morgan fingerprint density at radius 1 is 1.17 bits per heavy atom. The predicted molar refractivity (Wildman–Crippen MR) is 142 cm³/mol. The second kappa shape index (κ2) is 9.64. The van der Waals surface area contributed by atoms with E-state index >= 15 is 0 Å². The van der Waals surface area contributed by atoms with Crippen LogP contribution in [0.4, 0.5) is 5.82 Å². The number of amidine groups is 2. The maximum absolute atomic E-state index is 11.0. The van der Waals surface area contributed by atoms with Crippen molar-refractivity contribution in [3.63, 3.8) is 0 Å². The van der Waals surface area contributed by atoms with Crippen LogP contribution in [0.25, 0.3) is 0 Å². The number of carboxylic acid groups (broad SMARTS) is 1. The van der Waals surface area contributed by atoms with Gasteiger partial charge in [-0.25, -0.2) is 9.98 Å². The average molecular weight is 487 g/mol. The molecule has 5 aliphatic rings. The Kier molecular flexibility index (Phi) is 6.19. The molecular weight excluding hydrogens is 452 g/mol. The molecule has 1 saturated carbocycles. The van der Waals surface area contributed by atoms with E-state index in [1.807, 2.05) is 12.4 Å². The van der Waals surface area contributed by atoms with Crippen molar-refractivity contribution in [2.24, 2.45) is 26.3 Å². The largest absolute Gasteiger partial charge is 0.481 e. The Labute approximate surface area is 212 Å². The third kappa shape index (κ3) is 4.73. The lowest BCUT2D eigenvalue weighted by Crippen LogP contribution is -2.42. The summed E-state index contributed by atoms with van der Waals surface area (Å²) in [5, 5.41) is 12.6. The summed E-state index contributed by atoms with van der Waals surface area (Å²) in [7, 11) is 0. The highest BCUT2D eigenvalue weighted by atomic mass is 16.4. The zero-order valence-electron chi connectivity index (χ0n) is 20.6. The quantitative estimate of drug-likeness (QED) is 0.659.